The molecule has 3 rings (SSSR count). The van der Waals surface area contributed by atoms with Crippen molar-refractivity contribution in [1.29, 1.82) is 0 Å². The molecule has 1 aliphatic rings. The third-order valence-corrected chi connectivity index (χ3v) is 6.70. The van der Waals surface area contributed by atoms with Crippen molar-refractivity contribution in [3.63, 3.8) is 0 Å². The first kappa shape index (κ1) is 24.5. The fraction of sp³-hybridized carbons (Fsp3) is 0.261. The summed E-state index contributed by atoms with van der Waals surface area (Å²) in [7, 11) is 1.54. The van der Waals surface area contributed by atoms with E-state index in [-0.39, 0.29) is 18.4 Å². The summed E-state index contributed by atoms with van der Waals surface area (Å²) in [5, 5.41) is 2.82. The Hall–Kier alpha value is -2.11. The van der Waals surface area contributed by atoms with E-state index >= 15 is 0 Å². The zero-order valence-corrected chi connectivity index (χ0v) is 21.7. The minimum Gasteiger partial charge on any atom is -0.493 e. The van der Waals surface area contributed by atoms with E-state index in [1.54, 1.807) is 17.0 Å². The Balaban J connectivity index is 1.73. The fourth-order valence-electron chi connectivity index (χ4n) is 3.09. The molecule has 0 unspecified atom stereocenters. The van der Waals surface area contributed by atoms with Gasteiger partial charge in [0.05, 0.1) is 15.6 Å². The average Bonchev–Trinajstić information content (AvgIpc) is 3.00. The lowest BCUT2D eigenvalue weighted by Crippen LogP contribution is -2.28. The molecule has 0 aromatic heterocycles. The quantitative estimate of drug-likeness (QED) is 0.261. The third kappa shape index (κ3) is 6.02. The average molecular weight is 582 g/mol. The lowest BCUT2D eigenvalue weighted by Gasteiger charge is -2.14. The number of nitrogens with zero attached hydrogens (tertiary/aromatic N) is 1. The largest absolute Gasteiger partial charge is 0.493 e. The van der Waals surface area contributed by atoms with Gasteiger partial charge in [0, 0.05) is 12.2 Å². The van der Waals surface area contributed by atoms with Gasteiger partial charge < -0.3 is 14.8 Å². The summed E-state index contributed by atoms with van der Waals surface area (Å²) >= 11 is 8.75. The van der Waals surface area contributed by atoms with Crippen LogP contribution in [0.2, 0.25) is 0 Å². The molecule has 6 nitrogen and oxygen atoms in total. The van der Waals surface area contributed by atoms with E-state index in [1.807, 2.05) is 44.2 Å². The van der Waals surface area contributed by atoms with Crippen LogP contribution in [0, 0.1) is 10.5 Å². The van der Waals surface area contributed by atoms with Gasteiger partial charge in [-0.1, -0.05) is 43.0 Å². The molecule has 0 aliphatic carbocycles. The number of thiocarbonyl (C=S) groups is 1. The number of halogens is 1. The second kappa shape index (κ2) is 11.2. The molecule has 0 spiro atoms. The van der Waals surface area contributed by atoms with E-state index < -0.39 is 0 Å². The topological polar surface area (TPSA) is 67.9 Å². The number of methoxy groups -OCH3 is 1. The lowest BCUT2D eigenvalue weighted by molar-refractivity contribution is -0.122. The first-order chi connectivity index (χ1) is 15.3. The SMILES string of the molecule is CCCN1C(=O)/C(=C/c2cc(I)c(OCC(=O)Nc3cccc(C)c3)c(OC)c2)SC1=S. The maximum Gasteiger partial charge on any atom is 0.266 e. The molecule has 0 bridgehead atoms. The Morgan fingerprint density at radius 3 is 2.78 bits per heavy atom. The molecule has 1 heterocycles. The van der Waals surface area contributed by atoms with E-state index in [0.717, 1.165) is 26.8 Å². The van der Waals surface area contributed by atoms with Crippen LogP contribution in [0.3, 0.4) is 0 Å². The monoisotopic (exact) mass is 582 g/mol. The normalized spacial score (nSPS) is 14.8. The number of nitrogens with one attached hydrogen (secondary N) is 1. The highest BCUT2D eigenvalue weighted by atomic mass is 127. The van der Waals surface area contributed by atoms with Crippen molar-refractivity contribution in [1.82, 2.24) is 4.90 Å². The van der Waals surface area contributed by atoms with Crippen molar-refractivity contribution in [3.8, 4) is 11.5 Å². The summed E-state index contributed by atoms with van der Waals surface area (Å²) < 4.78 is 12.6. The Morgan fingerprint density at radius 2 is 2.09 bits per heavy atom. The van der Waals surface area contributed by atoms with Crippen molar-refractivity contribution < 1.29 is 19.1 Å². The van der Waals surface area contributed by atoms with E-state index in [2.05, 4.69) is 27.9 Å². The molecular weight excluding hydrogens is 559 g/mol. The molecular formula is C23H23IN2O4S2. The van der Waals surface area contributed by atoms with E-state index in [0.29, 0.717) is 27.3 Å². The molecule has 2 aromatic carbocycles. The van der Waals surface area contributed by atoms with Gasteiger partial charge in [0.15, 0.2) is 18.1 Å². The van der Waals surface area contributed by atoms with Crippen LogP contribution in [0.4, 0.5) is 5.69 Å². The van der Waals surface area contributed by atoms with Crippen LogP contribution in [-0.2, 0) is 9.59 Å². The van der Waals surface area contributed by atoms with Gasteiger partial charge in [-0.25, -0.2) is 0 Å². The second-order valence-corrected chi connectivity index (χ2v) is 9.91. The predicted octanol–water partition coefficient (Wildman–Crippen LogP) is 5.24. The number of hydrogen-bond acceptors (Lipinski definition) is 6. The highest BCUT2D eigenvalue weighted by Crippen LogP contribution is 2.37. The van der Waals surface area contributed by atoms with Gasteiger partial charge in [-0.3, -0.25) is 14.5 Å². The van der Waals surface area contributed by atoms with Gasteiger partial charge in [-0.2, -0.15) is 0 Å². The highest BCUT2D eigenvalue weighted by Gasteiger charge is 2.31. The molecule has 2 aromatic rings. The first-order valence-electron chi connectivity index (χ1n) is 9.94. The molecule has 1 fully saturated rings. The van der Waals surface area contributed by atoms with Gasteiger partial charge in [-0.15, -0.1) is 0 Å². The van der Waals surface area contributed by atoms with Crippen LogP contribution in [0.1, 0.15) is 24.5 Å². The molecule has 1 N–H and O–H groups in total. The molecule has 2 amide bonds. The highest BCUT2D eigenvalue weighted by molar-refractivity contribution is 14.1. The summed E-state index contributed by atoms with van der Waals surface area (Å²) in [4.78, 5) is 27.1. The number of ether oxygens (including phenoxy) is 2. The first-order valence-corrected chi connectivity index (χ1v) is 12.2. The van der Waals surface area contributed by atoms with E-state index in [4.69, 9.17) is 21.7 Å². The van der Waals surface area contributed by atoms with Crippen molar-refractivity contribution >= 4 is 74.5 Å². The number of benzene rings is 2. The van der Waals surface area contributed by atoms with Crippen LogP contribution in [-0.4, -0.2) is 41.3 Å². The van der Waals surface area contributed by atoms with Gasteiger partial charge in [0.2, 0.25) is 0 Å². The minimum absolute atomic E-state index is 0.0797. The van der Waals surface area contributed by atoms with Crippen LogP contribution in [0.25, 0.3) is 6.08 Å². The zero-order valence-electron chi connectivity index (χ0n) is 17.9. The number of amides is 2. The molecule has 32 heavy (non-hydrogen) atoms. The Morgan fingerprint density at radius 1 is 1.31 bits per heavy atom. The molecule has 9 heteroatoms. The summed E-state index contributed by atoms with van der Waals surface area (Å²) in [6.45, 7) is 4.42. The van der Waals surface area contributed by atoms with Crippen LogP contribution in [0.15, 0.2) is 41.3 Å². The smallest absolute Gasteiger partial charge is 0.266 e. The van der Waals surface area contributed by atoms with Crippen molar-refractivity contribution in [3.05, 3.63) is 56.0 Å². The summed E-state index contributed by atoms with van der Waals surface area (Å²) in [5.41, 5.74) is 2.57. The number of hydrogen-bond donors (Lipinski definition) is 1. The van der Waals surface area contributed by atoms with Crippen molar-refractivity contribution in [2.45, 2.75) is 20.3 Å². The number of carbonyl (C=O) groups excluding carboxylic acids is 2. The number of anilines is 1. The number of aryl methyl sites for hydroxylation is 1. The van der Waals surface area contributed by atoms with Crippen molar-refractivity contribution in [2.75, 3.05) is 25.6 Å². The summed E-state index contributed by atoms with van der Waals surface area (Å²) in [5.74, 6) is 0.611. The molecule has 0 saturated carbocycles. The Kier molecular flexibility index (Phi) is 8.55. The Bertz CT molecular complexity index is 1090. The summed E-state index contributed by atoms with van der Waals surface area (Å²) in [6, 6.07) is 11.2. The van der Waals surface area contributed by atoms with Gasteiger partial charge >= 0.3 is 0 Å². The predicted molar refractivity (Wildman–Crippen MR) is 141 cm³/mol. The van der Waals surface area contributed by atoms with Crippen LogP contribution in [0.5, 0.6) is 11.5 Å². The number of thioether (sulfide) groups is 1. The zero-order chi connectivity index (χ0) is 23.3. The van der Waals surface area contributed by atoms with E-state index in [9.17, 15) is 9.59 Å². The molecule has 168 valence electrons. The third-order valence-electron chi connectivity index (χ3n) is 4.52. The number of carbonyl (C=O) groups is 2. The molecule has 0 radical (unpaired) electrons. The van der Waals surface area contributed by atoms with Gasteiger partial charge in [-0.05, 0) is 77.4 Å². The maximum absolute atomic E-state index is 12.6. The maximum atomic E-state index is 12.6. The van der Waals surface area contributed by atoms with Gasteiger partial charge in [0.25, 0.3) is 11.8 Å². The molecule has 0 atom stereocenters. The summed E-state index contributed by atoms with van der Waals surface area (Å²) in [6.07, 6.45) is 2.64. The lowest BCUT2D eigenvalue weighted by atomic mass is 10.2. The van der Waals surface area contributed by atoms with Crippen LogP contribution < -0.4 is 14.8 Å². The van der Waals surface area contributed by atoms with Crippen molar-refractivity contribution in [2.24, 2.45) is 0 Å². The molecule has 1 aliphatic heterocycles. The van der Waals surface area contributed by atoms with Crippen LogP contribution >= 0.6 is 46.6 Å². The Labute approximate surface area is 210 Å². The van der Waals surface area contributed by atoms with Gasteiger partial charge in [0.1, 0.15) is 4.32 Å². The fourth-order valence-corrected chi connectivity index (χ4v) is 5.18. The standard InChI is InChI=1S/C23H23IN2O4S2/c1-4-8-26-22(28)19(32-23(26)31)12-15-10-17(24)21(18(11-15)29-3)30-13-20(27)25-16-7-5-6-14(2)9-16/h5-7,9-12H,4,8,13H2,1-3H3,(H,25,27)/b19-12-. The molecule has 1 saturated heterocycles. The van der Waals surface area contributed by atoms with E-state index in [1.165, 1.54) is 18.9 Å². The minimum atomic E-state index is -0.267. The number of rotatable bonds is 8. The second-order valence-electron chi connectivity index (χ2n) is 7.07.